The van der Waals surface area contributed by atoms with Gasteiger partial charge in [-0.2, -0.15) is 0 Å². The fraction of sp³-hybridized carbons (Fsp3) is 0.308. The van der Waals surface area contributed by atoms with E-state index in [2.05, 4.69) is 28.6 Å². The van der Waals surface area contributed by atoms with Gasteiger partial charge in [0.25, 0.3) is 0 Å². The van der Waals surface area contributed by atoms with Crippen LogP contribution in [-0.2, 0) is 24.2 Å². The van der Waals surface area contributed by atoms with Gasteiger partial charge >= 0.3 is 0 Å². The Kier molecular flexibility index (Phi) is 8.47. The van der Waals surface area contributed by atoms with Crippen LogP contribution in [0.4, 0.5) is 0 Å². The smallest absolute Gasteiger partial charge is 0.243 e. The van der Waals surface area contributed by atoms with E-state index in [0.29, 0.717) is 19.6 Å². The first-order chi connectivity index (χ1) is 15.2. The van der Waals surface area contributed by atoms with E-state index in [1.807, 2.05) is 49.4 Å². The summed E-state index contributed by atoms with van der Waals surface area (Å²) in [6, 6.07) is 16.3. The van der Waals surface area contributed by atoms with Crippen LogP contribution in [-0.4, -0.2) is 28.6 Å². The second kappa shape index (κ2) is 11.7. The van der Waals surface area contributed by atoms with Crippen LogP contribution in [0.3, 0.4) is 0 Å². The summed E-state index contributed by atoms with van der Waals surface area (Å²) in [5, 5.41) is 2.91. The molecule has 0 fully saturated rings. The Morgan fingerprint density at radius 3 is 2.81 bits per heavy atom. The first-order valence-corrected chi connectivity index (χ1v) is 10.9. The monoisotopic (exact) mass is 417 g/mol. The third-order valence-electron chi connectivity index (χ3n) is 5.07. The number of benzene rings is 2. The summed E-state index contributed by atoms with van der Waals surface area (Å²) in [6.07, 6.45) is 8.62. The van der Waals surface area contributed by atoms with Gasteiger partial charge in [0.15, 0.2) is 0 Å². The highest BCUT2D eigenvalue weighted by Gasteiger charge is 2.10. The average Bonchev–Trinajstić information content (AvgIpc) is 3.12. The van der Waals surface area contributed by atoms with Gasteiger partial charge in [-0.3, -0.25) is 4.79 Å². The zero-order valence-electron chi connectivity index (χ0n) is 18.2. The van der Waals surface area contributed by atoms with Crippen molar-refractivity contribution in [2.45, 2.75) is 39.2 Å². The fourth-order valence-electron chi connectivity index (χ4n) is 3.60. The second-order valence-corrected chi connectivity index (χ2v) is 7.37. The van der Waals surface area contributed by atoms with E-state index in [1.165, 1.54) is 11.6 Å². The van der Waals surface area contributed by atoms with Crippen LogP contribution in [0.1, 0.15) is 31.2 Å². The van der Waals surface area contributed by atoms with Crippen LogP contribution >= 0.6 is 0 Å². The van der Waals surface area contributed by atoms with Crippen molar-refractivity contribution < 1.29 is 9.53 Å². The lowest BCUT2D eigenvalue weighted by Crippen LogP contribution is -2.24. The third-order valence-corrected chi connectivity index (χ3v) is 5.07. The summed E-state index contributed by atoms with van der Waals surface area (Å²) in [5.41, 5.74) is 3.29. The van der Waals surface area contributed by atoms with Crippen molar-refractivity contribution in [2.75, 3.05) is 13.2 Å². The van der Waals surface area contributed by atoms with E-state index >= 15 is 0 Å². The minimum Gasteiger partial charge on any atom is -0.493 e. The Morgan fingerprint density at radius 1 is 1.16 bits per heavy atom. The largest absolute Gasteiger partial charge is 0.493 e. The predicted molar refractivity (Wildman–Crippen MR) is 126 cm³/mol. The molecule has 3 aromatic rings. The molecule has 5 nitrogen and oxygen atoms in total. The normalized spacial score (nSPS) is 11.1. The Labute approximate surface area is 184 Å². The molecule has 2 aromatic carbocycles. The van der Waals surface area contributed by atoms with Crippen LogP contribution in [0.25, 0.3) is 11.0 Å². The lowest BCUT2D eigenvalue weighted by molar-refractivity contribution is -0.116. The fourth-order valence-corrected chi connectivity index (χ4v) is 3.60. The number of hydrogen-bond donors (Lipinski definition) is 1. The number of ether oxygens (including phenoxy) is 1. The molecule has 0 bridgehead atoms. The van der Waals surface area contributed by atoms with Gasteiger partial charge in [0.2, 0.25) is 5.91 Å². The highest BCUT2D eigenvalue weighted by molar-refractivity contribution is 5.87. The number of unbranched alkanes of at least 4 members (excludes halogenated alkanes) is 1. The first-order valence-electron chi connectivity index (χ1n) is 10.9. The molecule has 1 aromatic heterocycles. The van der Waals surface area contributed by atoms with Crippen molar-refractivity contribution in [3.8, 4) is 5.75 Å². The summed E-state index contributed by atoms with van der Waals surface area (Å²) >= 11 is 0. The number of carbonyl (C=O) groups is 1. The van der Waals surface area contributed by atoms with E-state index in [1.54, 1.807) is 6.08 Å². The number of hydrogen-bond acceptors (Lipinski definition) is 3. The van der Waals surface area contributed by atoms with Crippen LogP contribution in [0, 0.1) is 0 Å². The van der Waals surface area contributed by atoms with Gasteiger partial charge in [0, 0.05) is 19.5 Å². The number of rotatable bonds is 12. The average molecular weight is 418 g/mol. The minimum absolute atomic E-state index is 0.0703. The van der Waals surface area contributed by atoms with E-state index in [0.717, 1.165) is 48.4 Å². The molecule has 1 amide bonds. The lowest BCUT2D eigenvalue weighted by atomic mass is 10.1. The SMILES string of the molecule is C=CCc1ccccc1OCCCCn1c(CCNC(=O)/C=C/C)nc2ccccc21. The molecule has 162 valence electrons. The minimum atomic E-state index is -0.0703. The zero-order valence-corrected chi connectivity index (χ0v) is 18.2. The molecular weight excluding hydrogens is 386 g/mol. The molecular formula is C26H31N3O2. The number of carbonyl (C=O) groups excluding carboxylic acids is 1. The van der Waals surface area contributed by atoms with Gasteiger partial charge in [0.1, 0.15) is 11.6 Å². The van der Waals surface area contributed by atoms with Crippen molar-refractivity contribution in [1.29, 1.82) is 0 Å². The van der Waals surface area contributed by atoms with E-state index in [9.17, 15) is 4.79 Å². The molecule has 0 aliphatic carbocycles. The molecule has 3 rings (SSSR count). The third kappa shape index (κ3) is 6.32. The number of fused-ring (bicyclic) bond motifs is 1. The molecule has 0 atom stereocenters. The van der Waals surface area contributed by atoms with Gasteiger partial charge in [-0.1, -0.05) is 42.5 Å². The second-order valence-electron chi connectivity index (χ2n) is 7.37. The standard InChI is InChI=1S/C26H31N3O2/c1-3-11-21-13-5-8-16-24(21)31-20-10-9-19-29-23-15-7-6-14-22(23)28-25(29)17-18-27-26(30)12-4-2/h3-8,12-16H,1,9-11,17-20H2,2H3,(H,27,30)/b12-4+. The molecule has 0 radical (unpaired) electrons. The summed E-state index contributed by atoms with van der Waals surface area (Å²) in [5.74, 6) is 1.87. The Morgan fingerprint density at radius 2 is 1.97 bits per heavy atom. The van der Waals surface area contributed by atoms with Crippen molar-refractivity contribution in [2.24, 2.45) is 0 Å². The van der Waals surface area contributed by atoms with Gasteiger partial charge < -0.3 is 14.6 Å². The quantitative estimate of drug-likeness (QED) is 0.260. The van der Waals surface area contributed by atoms with Crippen molar-refractivity contribution in [1.82, 2.24) is 14.9 Å². The molecule has 0 aliphatic heterocycles. The van der Waals surface area contributed by atoms with E-state index < -0.39 is 0 Å². The Hall–Kier alpha value is -3.34. The van der Waals surface area contributed by atoms with Crippen molar-refractivity contribution in [3.63, 3.8) is 0 Å². The highest BCUT2D eigenvalue weighted by Crippen LogP contribution is 2.20. The number of nitrogens with one attached hydrogen (secondary N) is 1. The lowest BCUT2D eigenvalue weighted by Gasteiger charge is -2.12. The number of aryl methyl sites for hydroxylation is 1. The predicted octanol–water partition coefficient (Wildman–Crippen LogP) is 4.86. The van der Waals surface area contributed by atoms with Crippen molar-refractivity contribution in [3.05, 3.63) is 84.7 Å². The molecule has 0 saturated heterocycles. The molecule has 0 aliphatic rings. The van der Waals surface area contributed by atoms with Crippen LogP contribution in [0.2, 0.25) is 0 Å². The number of allylic oxidation sites excluding steroid dienone is 2. The summed E-state index contributed by atoms with van der Waals surface area (Å²) in [6.45, 7) is 7.76. The van der Waals surface area contributed by atoms with Crippen LogP contribution in [0.15, 0.2) is 73.3 Å². The van der Waals surface area contributed by atoms with E-state index in [-0.39, 0.29) is 5.91 Å². The van der Waals surface area contributed by atoms with Crippen LogP contribution < -0.4 is 10.1 Å². The molecule has 0 unspecified atom stereocenters. The molecule has 5 heteroatoms. The van der Waals surface area contributed by atoms with Crippen molar-refractivity contribution >= 4 is 16.9 Å². The maximum absolute atomic E-state index is 11.7. The number of nitrogens with zero attached hydrogens (tertiary/aromatic N) is 2. The summed E-state index contributed by atoms with van der Waals surface area (Å²) in [4.78, 5) is 16.5. The number of aromatic nitrogens is 2. The molecule has 1 heterocycles. The van der Waals surface area contributed by atoms with Gasteiger partial charge in [-0.05, 0) is 56.0 Å². The molecule has 0 saturated carbocycles. The molecule has 1 N–H and O–H groups in total. The van der Waals surface area contributed by atoms with Crippen LogP contribution in [0.5, 0.6) is 5.75 Å². The zero-order chi connectivity index (χ0) is 21.9. The maximum Gasteiger partial charge on any atom is 0.243 e. The Bertz CT molecular complexity index is 1040. The van der Waals surface area contributed by atoms with Gasteiger partial charge in [-0.15, -0.1) is 6.58 Å². The van der Waals surface area contributed by atoms with Gasteiger partial charge in [-0.25, -0.2) is 4.98 Å². The molecule has 31 heavy (non-hydrogen) atoms. The highest BCUT2D eigenvalue weighted by atomic mass is 16.5. The summed E-state index contributed by atoms with van der Waals surface area (Å²) in [7, 11) is 0. The number of imidazole rings is 1. The Balaban J connectivity index is 1.56. The van der Waals surface area contributed by atoms with E-state index in [4.69, 9.17) is 9.72 Å². The summed E-state index contributed by atoms with van der Waals surface area (Å²) < 4.78 is 8.28. The topological polar surface area (TPSA) is 56.1 Å². The number of para-hydroxylation sites is 3. The number of amides is 1. The van der Waals surface area contributed by atoms with Gasteiger partial charge in [0.05, 0.1) is 17.6 Å². The maximum atomic E-state index is 11.7. The molecule has 0 spiro atoms. The first kappa shape index (κ1) is 22.3.